The third-order valence-electron chi connectivity index (χ3n) is 11.2. The molecule has 9 aromatic carbocycles. The quantitative estimate of drug-likeness (QED) is 0.158. The molecule has 2 aromatic heterocycles. The average Bonchev–Trinajstić information content (AvgIpc) is 3.83. The Bertz CT molecular complexity index is 3160. The summed E-state index contributed by atoms with van der Waals surface area (Å²) in [6.45, 7) is 0. The van der Waals surface area contributed by atoms with E-state index in [4.69, 9.17) is 0 Å². The number of nitrogens with zero attached hydrogens (tertiary/aromatic N) is 2. The summed E-state index contributed by atoms with van der Waals surface area (Å²) in [5.41, 5.74) is 14.1. The molecule has 0 saturated heterocycles. The van der Waals surface area contributed by atoms with Crippen LogP contribution in [0.2, 0.25) is 0 Å². The summed E-state index contributed by atoms with van der Waals surface area (Å²) in [6.07, 6.45) is 0. The first kappa shape index (κ1) is 33.2. The SMILES string of the molecule is c1ccc(-c2ccc(-c3ccc(N(c4ccc(-c5ccc6c(c5)sc5ccccc56)cc4)c4cccc(-n5c6ccccc6c6ccccc65)c4)cc3)cc2)cc1. The Balaban J connectivity index is 0.997. The summed E-state index contributed by atoms with van der Waals surface area (Å²) >= 11 is 1.86. The van der Waals surface area contributed by atoms with Crippen molar-refractivity contribution in [3.8, 4) is 39.1 Å². The predicted molar refractivity (Wildman–Crippen MR) is 245 cm³/mol. The third-order valence-corrected chi connectivity index (χ3v) is 12.3. The molecule has 3 heteroatoms. The molecular weight excluding hydrogens is 709 g/mol. The predicted octanol–water partition coefficient (Wildman–Crippen LogP) is 15.6. The van der Waals surface area contributed by atoms with Crippen molar-refractivity contribution in [2.45, 2.75) is 0 Å². The second-order valence-electron chi connectivity index (χ2n) is 14.6. The molecule has 0 atom stereocenters. The number of hydrogen-bond donors (Lipinski definition) is 0. The molecule has 0 aliphatic rings. The Morgan fingerprint density at radius 2 is 0.772 bits per heavy atom. The smallest absolute Gasteiger partial charge is 0.0541 e. The van der Waals surface area contributed by atoms with Crippen LogP contribution in [0, 0.1) is 0 Å². The second kappa shape index (κ2) is 13.8. The van der Waals surface area contributed by atoms with Crippen LogP contribution in [0.15, 0.2) is 218 Å². The molecule has 2 nitrogen and oxygen atoms in total. The molecule has 0 unspecified atom stereocenters. The van der Waals surface area contributed by atoms with E-state index in [2.05, 4.69) is 228 Å². The fraction of sp³-hybridized carbons (Fsp3) is 0. The first-order valence-electron chi connectivity index (χ1n) is 19.4. The van der Waals surface area contributed by atoms with Gasteiger partial charge in [0.25, 0.3) is 0 Å². The van der Waals surface area contributed by atoms with E-state index in [1.807, 2.05) is 11.3 Å². The number of para-hydroxylation sites is 2. The van der Waals surface area contributed by atoms with Gasteiger partial charge in [-0.25, -0.2) is 0 Å². The van der Waals surface area contributed by atoms with E-state index in [-0.39, 0.29) is 0 Å². The number of rotatable bonds is 7. The maximum Gasteiger partial charge on any atom is 0.0541 e. The van der Waals surface area contributed by atoms with Crippen molar-refractivity contribution in [1.82, 2.24) is 4.57 Å². The van der Waals surface area contributed by atoms with Crippen molar-refractivity contribution in [2.24, 2.45) is 0 Å². The molecule has 268 valence electrons. The topological polar surface area (TPSA) is 8.17 Å². The first-order valence-corrected chi connectivity index (χ1v) is 20.2. The van der Waals surface area contributed by atoms with Crippen molar-refractivity contribution in [1.29, 1.82) is 0 Å². The monoisotopic (exact) mass is 744 g/mol. The van der Waals surface area contributed by atoms with E-state index >= 15 is 0 Å². The molecule has 0 radical (unpaired) electrons. The van der Waals surface area contributed by atoms with Crippen LogP contribution < -0.4 is 4.90 Å². The van der Waals surface area contributed by atoms with E-state index in [0.717, 1.165) is 22.7 Å². The van der Waals surface area contributed by atoms with Gasteiger partial charge in [-0.1, -0.05) is 152 Å². The van der Waals surface area contributed by atoms with Gasteiger partial charge in [-0.2, -0.15) is 0 Å². The maximum absolute atomic E-state index is 2.39. The first-order chi connectivity index (χ1) is 28.2. The zero-order valence-corrected chi connectivity index (χ0v) is 31.9. The molecule has 0 saturated carbocycles. The minimum atomic E-state index is 1.09. The molecule has 11 aromatic rings. The van der Waals surface area contributed by atoms with Crippen molar-refractivity contribution in [3.63, 3.8) is 0 Å². The minimum absolute atomic E-state index is 1.09. The van der Waals surface area contributed by atoms with Gasteiger partial charge in [0.15, 0.2) is 0 Å². The summed E-state index contributed by atoms with van der Waals surface area (Å²) in [5.74, 6) is 0. The third kappa shape index (κ3) is 5.88. The van der Waals surface area contributed by atoms with Gasteiger partial charge in [0.1, 0.15) is 0 Å². The van der Waals surface area contributed by atoms with Gasteiger partial charge in [0.2, 0.25) is 0 Å². The summed E-state index contributed by atoms with van der Waals surface area (Å²) < 4.78 is 5.03. The molecule has 0 N–H and O–H groups in total. The van der Waals surface area contributed by atoms with Gasteiger partial charge in [-0.15, -0.1) is 11.3 Å². The summed E-state index contributed by atoms with van der Waals surface area (Å²) in [6, 6.07) is 79.3. The van der Waals surface area contributed by atoms with Crippen LogP contribution in [-0.4, -0.2) is 4.57 Å². The van der Waals surface area contributed by atoms with Crippen LogP contribution in [0.5, 0.6) is 0 Å². The molecule has 0 aliphatic carbocycles. The molecule has 11 rings (SSSR count). The molecular formula is C54H36N2S. The van der Waals surface area contributed by atoms with Crippen LogP contribution in [0.4, 0.5) is 17.1 Å². The van der Waals surface area contributed by atoms with Crippen molar-refractivity contribution < 1.29 is 0 Å². The fourth-order valence-corrected chi connectivity index (χ4v) is 9.56. The lowest BCUT2D eigenvalue weighted by atomic mass is 10.00. The second-order valence-corrected chi connectivity index (χ2v) is 15.7. The fourth-order valence-electron chi connectivity index (χ4n) is 8.42. The zero-order valence-electron chi connectivity index (χ0n) is 31.1. The van der Waals surface area contributed by atoms with Crippen LogP contribution in [-0.2, 0) is 0 Å². The summed E-state index contributed by atoms with van der Waals surface area (Å²) in [4.78, 5) is 2.37. The molecule has 0 aliphatic heterocycles. The summed E-state index contributed by atoms with van der Waals surface area (Å²) in [7, 11) is 0. The van der Waals surface area contributed by atoms with Gasteiger partial charge in [0, 0.05) is 53.7 Å². The van der Waals surface area contributed by atoms with Gasteiger partial charge < -0.3 is 9.47 Å². The lowest BCUT2D eigenvalue weighted by Crippen LogP contribution is -2.10. The normalized spacial score (nSPS) is 11.5. The summed E-state index contributed by atoms with van der Waals surface area (Å²) in [5, 5.41) is 5.16. The van der Waals surface area contributed by atoms with Gasteiger partial charge in [0.05, 0.1) is 11.0 Å². The van der Waals surface area contributed by atoms with Gasteiger partial charge in [-0.3, -0.25) is 0 Å². The number of aromatic nitrogens is 1. The Morgan fingerprint density at radius 3 is 1.40 bits per heavy atom. The average molecular weight is 745 g/mol. The lowest BCUT2D eigenvalue weighted by molar-refractivity contribution is 1.17. The molecule has 57 heavy (non-hydrogen) atoms. The molecule has 2 heterocycles. The van der Waals surface area contributed by atoms with Crippen LogP contribution in [0.3, 0.4) is 0 Å². The zero-order chi connectivity index (χ0) is 37.7. The van der Waals surface area contributed by atoms with Gasteiger partial charge >= 0.3 is 0 Å². The number of hydrogen-bond acceptors (Lipinski definition) is 2. The number of benzene rings is 9. The van der Waals surface area contributed by atoms with Crippen molar-refractivity contribution in [3.05, 3.63) is 218 Å². The molecule has 0 amide bonds. The number of anilines is 3. The van der Waals surface area contributed by atoms with Gasteiger partial charge in [-0.05, 0) is 100 Å². The molecule has 0 spiro atoms. The number of fused-ring (bicyclic) bond motifs is 6. The Morgan fingerprint density at radius 1 is 0.298 bits per heavy atom. The molecule has 0 fully saturated rings. The highest BCUT2D eigenvalue weighted by molar-refractivity contribution is 7.25. The standard InChI is InChI=1S/C54H36N2S/c1-2-11-37(12-3-1)38-21-23-39(24-22-38)40-25-30-43(31-26-40)55(44-32-27-41(28-33-44)42-29-34-50-49-17-6-9-20-53(49)57-54(50)35-42)45-13-10-14-46(36-45)56-51-18-7-4-15-47(51)48-16-5-8-19-52(48)56/h1-36H. The minimum Gasteiger partial charge on any atom is -0.310 e. The van der Waals surface area contributed by atoms with Crippen molar-refractivity contribution in [2.75, 3.05) is 4.90 Å². The van der Waals surface area contributed by atoms with Crippen LogP contribution in [0.25, 0.3) is 81.0 Å². The maximum atomic E-state index is 2.39. The van der Waals surface area contributed by atoms with Crippen molar-refractivity contribution >= 4 is 70.4 Å². The van der Waals surface area contributed by atoms with E-state index in [1.54, 1.807) is 0 Å². The molecule has 0 bridgehead atoms. The Labute approximate surface area is 335 Å². The lowest BCUT2D eigenvalue weighted by Gasteiger charge is -2.26. The highest BCUT2D eigenvalue weighted by atomic mass is 32.1. The van der Waals surface area contributed by atoms with Crippen LogP contribution >= 0.6 is 11.3 Å². The van der Waals surface area contributed by atoms with E-state index in [9.17, 15) is 0 Å². The highest BCUT2D eigenvalue weighted by Crippen LogP contribution is 2.41. The highest BCUT2D eigenvalue weighted by Gasteiger charge is 2.17. The largest absolute Gasteiger partial charge is 0.310 e. The van der Waals surface area contributed by atoms with Crippen LogP contribution in [0.1, 0.15) is 0 Å². The van der Waals surface area contributed by atoms with E-state index < -0.39 is 0 Å². The Hall–Kier alpha value is -7.20. The van der Waals surface area contributed by atoms with E-state index in [1.165, 1.54) is 75.4 Å². The number of thiophene rings is 1. The van der Waals surface area contributed by atoms with E-state index in [0.29, 0.717) is 0 Å². The Kier molecular flexibility index (Phi) is 8.04.